The lowest BCUT2D eigenvalue weighted by Gasteiger charge is -2.39. The van der Waals surface area contributed by atoms with E-state index < -0.39 is 28.2 Å². The molecule has 4 rings (SSSR count). The second kappa shape index (κ2) is 8.40. The summed E-state index contributed by atoms with van der Waals surface area (Å²) in [6.07, 6.45) is 2.79. The van der Waals surface area contributed by atoms with Crippen LogP contribution in [0.4, 0.5) is 23.1 Å². The summed E-state index contributed by atoms with van der Waals surface area (Å²) in [5.41, 5.74) is -0.394. The Morgan fingerprint density at radius 1 is 1.25 bits per heavy atom. The summed E-state index contributed by atoms with van der Waals surface area (Å²) in [6, 6.07) is 5.81. The Kier molecular flexibility index (Phi) is 5.64. The van der Waals surface area contributed by atoms with Gasteiger partial charge < -0.3 is 15.5 Å². The fourth-order valence-electron chi connectivity index (χ4n) is 4.47. The van der Waals surface area contributed by atoms with E-state index in [1.807, 2.05) is 4.90 Å². The molecule has 0 saturated carbocycles. The molecule has 1 aromatic carbocycles. The number of nitro groups is 1. The first kappa shape index (κ1) is 21.5. The Labute approximate surface area is 183 Å². The predicted octanol–water partition coefficient (Wildman–Crippen LogP) is 2.51. The van der Waals surface area contributed by atoms with E-state index in [1.54, 1.807) is 0 Å². The van der Waals surface area contributed by atoms with Gasteiger partial charge in [-0.15, -0.1) is 0 Å². The van der Waals surface area contributed by atoms with Gasteiger partial charge in [0, 0.05) is 36.3 Å². The smallest absolute Gasteiger partial charge is 0.271 e. The van der Waals surface area contributed by atoms with Crippen molar-refractivity contribution < 1.29 is 14.5 Å². The minimum absolute atomic E-state index is 0.0733. The number of fused-ring (bicyclic) bond motifs is 1. The lowest BCUT2D eigenvalue weighted by molar-refractivity contribution is -0.384. The van der Waals surface area contributed by atoms with Crippen LogP contribution in [0.25, 0.3) is 0 Å². The highest BCUT2D eigenvalue weighted by molar-refractivity contribution is 6.04. The molecule has 168 valence electrons. The van der Waals surface area contributed by atoms with Gasteiger partial charge in [-0.25, -0.2) is 0 Å². The van der Waals surface area contributed by atoms with Gasteiger partial charge >= 0.3 is 0 Å². The van der Waals surface area contributed by atoms with Crippen LogP contribution in [0.5, 0.6) is 0 Å². The number of amides is 2. The number of carbonyl (C=O) groups is 2. The molecule has 3 N–H and O–H groups in total. The summed E-state index contributed by atoms with van der Waals surface area (Å²) in [5.74, 6) is -1.67. The molecule has 0 spiro atoms. The number of hydrogen-bond donors (Lipinski definition) is 3. The lowest BCUT2D eigenvalue weighted by atomic mass is 9.92. The van der Waals surface area contributed by atoms with Gasteiger partial charge in [0.25, 0.3) is 11.2 Å². The topological polar surface area (TPSA) is 150 Å². The number of hydrogen-bond acceptors (Lipinski definition) is 7. The largest absolute Gasteiger partial charge is 0.337 e. The molecule has 2 amide bonds. The number of nitro benzene ring substituents is 1. The van der Waals surface area contributed by atoms with Crippen LogP contribution in [0, 0.1) is 10.1 Å². The van der Waals surface area contributed by atoms with Crippen LogP contribution in [0.1, 0.15) is 51.0 Å². The average Bonchev–Trinajstić information content (AvgIpc) is 2.73. The van der Waals surface area contributed by atoms with Crippen molar-refractivity contribution in [2.45, 2.75) is 57.5 Å². The average molecular weight is 440 g/mol. The van der Waals surface area contributed by atoms with Crippen molar-refractivity contribution in [1.29, 1.82) is 0 Å². The number of nitrogens with zero attached hydrogens (tertiary/aromatic N) is 3. The zero-order valence-corrected chi connectivity index (χ0v) is 17.8. The van der Waals surface area contributed by atoms with E-state index in [0.717, 1.165) is 19.3 Å². The van der Waals surface area contributed by atoms with E-state index in [1.165, 1.54) is 24.3 Å². The highest BCUT2D eigenvalue weighted by atomic mass is 16.6. The zero-order valence-electron chi connectivity index (χ0n) is 17.8. The summed E-state index contributed by atoms with van der Waals surface area (Å²) >= 11 is 0. The van der Waals surface area contributed by atoms with Crippen LogP contribution in [0.2, 0.25) is 0 Å². The third-order valence-electron chi connectivity index (χ3n) is 6.02. The first-order valence-corrected chi connectivity index (χ1v) is 10.5. The molecular weight excluding hydrogens is 416 g/mol. The van der Waals surface area contributed by atoms with Gasteiger partial charge in [0.15, 0.2) is 0 Å². The molecule has 1 aromatic heterocycles. The molecule has 2 aliphatic rings. The van der Waals surface area contributed by atoms with Crippen molar-refractivity contribution in [3.63, 3.8) is 0 Å². The molecule has 0 unspecified atom stereocenters. The number of nitrogens with one attached hydrogen (secondary N) is 3. The Balaban J connectivity index is 1.66. The Bertz CT molecular complexity index is 1140. The first-order valence-electron chi connectivity index (χ1n) is 10.5. The standard InChI is InChI=1S/C21H24N6O5/c1-11-5-3-6-12(2)26(11)21-24-18-17(20(30)25-21)15(10-16(28)23-18)19(29)22-13-7-4-8-14(9-13)27(31)32/h4,7-9,11-12,15H,3,5-6,10H2,1-2H3,(H,22,29)(H2,23,24,25,28,30)/t11-,12+,15-/m0/s1. The summed E-state index contributed by atoms with van der Waals surface area (Å²) in [7, 11) is 0. The molecule has 1 fully saturated rings. The SMILES string of the molecule is C[C@@H]1CCC[C@H](C)N1c1nc2c(c(=O)[nH]1)[C@@H](C(=O)Nc1cccc([N+](=O)[O-])c1)CC(=O)N2. The van der Waals surface area contributed by atoms with Crippen molar-refractivity contribution >= 4 is 35.0 Å². The molecule has 0 bridgehead atoms. The van der Waals surface area contributed by atoms with Crippen LogP contribution in [0.15, 0.2) is 29.1 Å². The molecule has 11 heteroatoms. The molecule has 0 aliphatic carbocycles. The number of aromatic nitrogens is 2. The lowest BCUT2D eigenvalue weighted by Crippen LogP contribution is -2.46. The monoisotopic (exact) mass is 440 g/mol. The maximum Gasteiger partial charge on any atom is 0.271 e. The van der Waals surface area contributed by atoms with Gasteiger partial charge in [0.2, 0.25) is 17.8 Å². The van der Waals surface area contributed by atoms with Crippen molar-refractivity contribution in [3.8, 4) is 0 Å². The fourth-order valence-corrected chi connectivity index (χ4v) is 4.47. The second-order valence-corrected chi connectivity index (χ2v) is 8.29. The molecule has 3 atom stereocenters. The minimum atomic E-state index is -1.07. The molecule has 11 nitrogen and oxygen atoms in total. The summed E-state index contributed by atoms with van der Waals surface area (Å²) in [4.78, 5) is 58.0. The highest BCUT2D eigenvalue weighted by Gasteiger charge is 2.36. The van der Waals surface area contributed by atoms with Crippen LogP contribution < -0.4 is 21.1 Å². The van der Waals surface area contributed by atoms with E-state index in [9.17, 15) is 24.5 Å². The highest BCUT2D eigenvalue weighted by Crippen LogP contribution is 2.32. The first-order chi connectivity index (χ1) is 15.2. The van der Waals surface area contributed by atoms with Gasteiger partial charge in [0.05, 0.1) is 16.4 Å². The molecule has 0 radical (unpaired) electrons. The number of piperidine rings is 1. The maximum atomic E-state index is 13.0. The van der Waals surface area contributed by atoms with Crippen LogP contribution >= 0.6 is 0 Å². The van der Waals surface area contributed by atoms with E-state index in [-0.39, 0.29) is 41.3 Å². The second-order valence-electron chi connectivity index (χ2n) is 8.29. The van der Waals surface area contributed by atoms with Gasteiger partial charge in [-0.2, -0.15) is 4.98 Å². The van der Waals surface area contributed by atoms with Gasteiger partial charge in [-0.3, -0.25) is 29.5 Å². The minimum Gasteiger partial charge on any atom is -0.337 e. The molecule has 3 heterocycles. The third-order valence-corrected chi connectivity index (χ3v) is 6.02. The van der Waals surface area contributed by atoms with Crippen LogP contribution in [-0.2, 0) is 9.59 Å². The molecule has 2 aliphatic heterocycles. The van der Waals surface area contributed by atoms with Crippen LogP contribution in [-0.4, -0.2) is 38.8 Å². The Hall–Kier alpha value is -3.76. The number of H-pyrrole nitrogens is 1. The zero-order chi connectivity index (χ0) is 23.0. The predicted molar refractivity (Wildman–Crippen MR) is 118 cm³/mol. The normalized spacial score (nSPS) is 22.6. The summed E-state index contributed by atoms with van der Waals surface area (Å²) < 4.78 is 0. The van der Waals surface area contributed by atoms with E-state index in [0.29, 0.717) is 5.95 Å². The third kappa shape index (κ3) is 4.05. The van der Waals surface area contributed by atoms with Gasteiger partial charge in [-0.05, 0) is 39.2 Å². The summed E-state index contributed by atoms with van der Waals surface area (Å²) in [6.45, 7) is 4.12. The quantitative estimate of drug-likeness (QED) is 0.488. The number of carbonyl (C=O) groups excluding carboxylic acids is 2. The van der Waals surface area contributed by atoms with Crippen LogP contribution in [0.3, 0.4) is 0 Å². The van der Waals surface area contributed by atoms with E-state index in [4.69, 9.17) is 0 Å². The molecular formula is C21H24N6O5. The number of non-ortho nitro benzene ring substituents is 1. The van der Waals surface area contributed by atoms with Crippen molar-refractivity contribution in [1.82, 2.24) is 9.97 Å². The molecule has 2 aromatic rings. The van der Waals surface area contributed by atoms with Crippen molar-refractivity contribution in [3.05, 3.63) is 50.3 Å². The van der Waals surface area contributed by atoms with E-state index >= 15 is 0 Å². The van der Waals surface area contributed by atoms with Crippen molar-refractivity contribution in [2.75, 3.05) is 15.5 Å². The number of benzene rings is 1. The number of anilines is 3. The van der Waals surface area contributed by atoms with Crippen molar-refractivity contribution in [2.24, 2.45) is 0 Å². The Morgan fingerprint density at radius 2 is 1.97 bits per heavy atom. The maximum absolute atomic E-state index is 13.0. The fraction of sp³-hybridized carbons (Fsp3) is 0.429. The number of rotatable bonds is 4. The number of aromatic amines is 1. The van der Waals surface area contributed by atoms with E-state index in [2.05, 4.69) is 34.4 Å². The molecule has 1 saturated heterocycles. The molecule has 32 heavy (non-hydrogen) atoms. The van der Waals surface area contributed by atoms with Gasteiger partial charge in [-0.1, -0.05) is 6.07 Å². The Morgan fingerprint density at radius 3 is 2.66 bits per heavy atom. The van der Waals surface area contributed by atoms with Gasteiger partial charge in [0.1, 0.15) is 5.82 Å². The summed E-state index contributed by atoms with van der Waals surface area (Å²) in [5, 5.41) is 16.2.